The highest BCUT2D eigenvalue weighted by Crippen LogP contribution is 2.41. The lowest BCUT2D eigenvalue weighted by atomic mass is 9.62. The van der Waals surface area contributed by atoms with Gasteiger partial charge in [-0.15, -0.1) is 0 Å². The van der Waals surface area contributed by atoms with E-state index in [0.717, 1.165) is 12.8 Å². The van der Waals surface area contributed by atoms with Gasteiger partial charge in [-0.05, 0) is 59.4 Å². The average molecular weight is 496 g/mol. The number of rotatable bonds is 11. The molecule has 0 spiro atoms. The molecule has 0 unspecified atom stereocenters. The van der Waals surface area contributed by atoms with Gasteiger partial charge in [0.15, 0.2) is 0 Å². The van der Waals surface area contributed by atoms with Crippen molar-refractivity contribution in [3.63, 3.8) is 0 Å². The van der Waals surface area contributed by atoms with Crippen LogP contribution >= 0.6 is 0 Å². The number of aryl methyl sites for hydroxylation is 1. The number of nitrogens with zero attached hydrogens (tertiary/aromatic N) is 2. The Bertz CT molecular complexity index is 1050. The highest BCUT2D eigenvalue weighted by molar-refractivity contribution is 6.50. The number of primary amides is 1. The van der Waals surface area contributed by atoms with Crippen molar-refractivity contribution in [3.8, 4) is 0 Å². The summed E-state index contributed by atoms with van der Waals surface area (Å²) in [4.78, 5) is 34.0. The zero-order valence-electron chi connectivity index (χ0n) is 22.0. The van der Waals surface area contributed by atoms with Crippen molar-refractivity contribution >= 4 is 18.9 Å². The van der Waals surface area contributed by atoms with E-state index >= 15 is 0 Å². The predicted octanol–water partition coefficient (Wildman–Crippen LogP) is 2.83. The van der Waals surface area contributed by atoms with Crippen LogP contribution in [-0.4, -0.2) is 59.3 Å². The lowest BCUT2D eigenvalue weighted by Crippen LogP contribution is -2.59. The van der Waals surface area contributed by atoms with Crippen LogP contribution in [0.2, 0.25) is 0 Å². The number of methoxy groups -OCH3 is 1. The van der Waals surface area contributed by atoms with Crippen LogP contribution in [0.15, 0.2) is 42.7 Å². The molecule has 0 bridgehead atoms. The Balaban J connectivity index is 1.89. The summed E-state index contributed by atoms with van der Waals surface area (Å²) >= 11 is 0. The first kappa shape index (κ1) is 27.8. The standard InChI is InChI=1S/C26H37BN4O5/c1-24(2)25(3,4)36-27(35-24)26(5,14-10-13-18-11-8-7-9-12-18)31-23(33)19(17-34-6)20-21(22(28)32)30-16-15-29-20/h7-9,11-12,15-16,19H,10,13-14,17H2,1-6H3,(H2,28,32)(H,31,33)/t19-,26-/m0/s1. The molecule has 10 heteroatoms. The number of aromatic nitrogens is 2. The lowest BCUT2D eigenvalue weighted by molar-refractivity contribution is -0.125. The molecule has 1 saturated heterocycles. The summed E-state index contributed by atoms with van der Waals surface area (Å²) in [5.41, 5.74) is 4.81. The van der Waals surface area contributed by atoms with E-state index in [1.54, 1.807) is 0 Å². The van der Waals surface area contributed by atoms with Gasteiger partial charge in [0.05, 0.1) is 28.9 Å². The van der Waals surface area contributed by atoms with E-state index in [1.807, 2.05) is 52.8 Å². The number of amides is 2. The highest BCUT2D eigenvalue weighted by atomic mass is 16.7. The number of carbonyl (C=O) groups is 2. The molecule has 1 aliphatic heterocycles. The molecule has 194 valence electrons. The van der Waals surface area contributed by atoms with Gasteiger partial charge in [0.2, 0.25) is 5.91 Å². The second-order valence-electron chi connectivity index (χ2n) is 10.5. The number of carbonyl (C=O) groups excluding carboxylic acids is 2. The minimum absolute atomic E-state index is 0.00569. The topological polar surface area (TPSA) is 126 Å². The van der Waals surface area contributed by atoms with Gasteiger partial charge in [-0.25, -0.2) is 4.98 Å². The third-order valence-corrected chi connectivity index (χ3v) is 7.13. The van der Waals surface area contributed by atoms with Gasteiger partial charge < -0.3 is 25.1 Å². The van der Waals surface area contributed by atoms with E-state index in [9.17, 15) is 9.59 Å². The van der Waals surface area contributed by atoms with Crippen molar-refractivity contribution in [2.45, 2.75) is 76.4 Å². The van der Waals surface area contributed by atoms with Crippen molar-refractivity contribution in [2.24, 2.45) is 5.73 Å². The van der Waals surface area contributed by atoms with Crippen LogP contribution in [0.4, 0.5) is 0 Å². The smallest absolute Gasteiger partial charge is 0.402 e. The Morgan fingerprint density at radius 1 is 1.11 bits per heavy atom. The maximum Gasteiger partial charge on any atom is 0.484 e. The summed E-state index contributed by atoms with van der Waals surface area (Å²) in [5.74, 6) is -2.04. The van der Waals surface area contributed by atoms with Crippen LogP contribution in [0.3, 0.4) is 0 Å². The van der Waals surface area contributed by atoms with Crippen LogP contribution in [-0.2, 0) is 25.3 Å². The van der Waals surface area contributed by atoms with E-state index in [1.165, 1.54) is 25.1 Å². The molecule has 1 aromatic heterocycles. The Kier molecular flexibility index (Phi) is 8.53. The zero-order valence-corrected chi connectivity index (χ0v) is 22.0. The maximum atomic E-state index is 13.7. The summed E-state index contributed by atoms with van der Waals surface area (Å²) in [5, 5.41) is 3.16. The molecular weight excluding hydrogens is 459 g/mol. The first-order chi connectivity index (χ1) is 16.9. The monoisotopic (exact) mass is 496 g/mol. The van der Waals surface area contributed by atoms with Gasteiger partial charge >= 0.3 is 7.12 Å². The largest absolute Gasteiger partial charge is 0.484 e. The summed E-state index contributed by atoms with van der Waals surface area (Å²) in [6.07, 6.45) is 5.00. The summed E-state index contributed by atoms with van der Waals surface area (Å²) < 4.78 is 18.1. The maximum absolute atomic E-state index is 13.7. The Morgan fingerprint density at radius 3 is 2.31 bits per heavy atom. The number of hydrogen-bond acceptors (Lipinski definition) is 7. The first-order valence-corrected chi connectivity index (χ1v) is 12.2. The molecule has 3 N–H and O–H groups in total. The molecule has 9 nitrogen and oxygen atoms in total. The molecule has 1 fully saturated rings. The van der Waals surface area contributed by atoms with Gasteiger partial charge in [0, 0.05) is 19.5 Å². The minimum atomic E-state index is -0.901. The molecule has 0 saturated carbocycles. The van der Waals surface area contributed by atoms with Crippen LogP contribution in [0.25, 0.3) is 0 Å². The van der Waals surface area contributed by atoms with Crippen molar-refractivity contribution in [1.82, 2.24) is 15.3 Å². The molecule has 2 amide bonds. The van der Waals surface area contributed by atoms with E-state index in [4.69, 9.17) is 19.8 Å². The fourth-order valence-electron chi connectivity index (χ4n) is 4.25. The van der Waals surface area contributed by atoms with Gasteiger partial charge in [-0.2, -0.15) is 0 Å². The Morgan fingerprint density at radius 2 is 1.72 bits per heavy atom. The quantitative estimate of drug-likeness (QED) is 0.458. The van der Waals surface area contributed by atoms with Crippen LogP contribution < -0.4 is 11.1 Å². The van der Waals surface area contributed by atoms with Crippen molar-refractivity contribution < 1.29 is 23.6 Å². The Labute approximate surface area is 213 Å². The normalized spacial score (nSPS) is 18.9. The number of hydrogen-bond donors (Lipinski definition) is 2. The second kappa shape index (κ2) is 11.1. The van der Waals surface area contributed by atoms with E-state index in [2.05, 4.69) is 27.4 Å². The van der Waals surface area contributed by atoms with Crippen LogP contribution in [0, 0.1) is 0 Å². The van der Waals surface area contributed by atoms with Gasteiger partial charge in [0.25, 0.3) is 5.91 Å². The van der Waals surface area contributed by atoms with Crippen LogP contribution in [0.1, 0.15) is 75.1 Å². The first-order valence-electron chi connectivity index (χ1n) is 12.2. The molecule has 0 aliphatic carbocycles. The predicted molar refractivity (Wildman–Crippen MR) is 137 cm³/mol. The SMILES string of the molecule is COC[C@H](C(=O)N[C@@](C)(CCCc1ccccc1)B1OC(C)(C)C(C)(C)O1)c1nccnc1C(N)=O. The molecule has 1 aliphatic rings. The van der Waals surface area contributed by atoms with Gasteiger partial charge in [0.1, 0.15) is 11.6 Å². The minimum Gasteiger partial charge on any atom is -0.402 e. The van der Waals surface area contributed by atoms with Gasteiger partial charge in [-0.3, -0.25) is 14.6 Å². The highest BCUT2D eigenvalue weighted by Gasteiger charge is 2.58. The average Bonchev–Trinajstić information content (AvgIpc) is 3.05. The van der Waals surface area contributed by atoms with E-state index in [-0.39, 0.29) is 23.9 Å². The molecule has 2 atom stereocenters. The van der Waals surface area contributed by atoms with Crippen molar-refractivity contribution in [2.75, 3.05) is 13.7 Å². The summed E-state index contributed by atoms with van der Waals surface area (Å²) in [6, 6.07) is 10.2. The summed E-state index contributed by atoms with van der Waals surface area (Å²) in [7, 11) is 0.788. The molecule has 2 heterocycles. The Hall–Kier alpha value is -2.82. The third-order valence-electron chi connectivity index (χ3n) is 7.13. The number of nitrogens with one attached hydrogen (secondary N) is 1. The van der Waals surface area contributed by atoms with Gasteiger partial charge in [-0.1, -0.05) is 30.3 Å². The lowest BCUT2D eigenvalue weighted by Gasteiger charge is -2.34. The molecule has 36 heavy (non-hydrogen) atoms. The number of nitrogens with two attached hydrogens (primary N) is 1. The zero-order chi connectivity index (χ0) is 26.6. The number of ether oxygens (including phenoxy) is 1. The van der Waals surface area contributed by atoms with E-state index < -0.39 is 35.6 Å². The van der Waals surface area contributed by atoms with Crippen molar-refractivity contribution in [3.05, 3.63) is 59.7 Å². The fraction of sp³-hybridized carbons (Fsp3) is 0.538. The molecular formula is C26H37BN4O5. The summed E-state index contributed by atoms with van der Waals surface area (Å²) in [6.45, 7) is 9.83. The van der Waals surface area contributed by atoms with Crippen LogP contribution in [0.5, 0.6) is 0 Å². The molecule has 3 rings (SSSR count). The number of benzene rings is 1. The molecule has 0 radical (unpaired) electrons. The molecule has 1 aromatic carbocycles. The van der Waals surface area contributed by atoms with E-state index in [0.29, 0.717) is 6.42 Å². The molecule has 2 aromatic rings. The fourth-order valence-corrected chi connectivity index (χ4v) is 4.25. The third kappa shape index (κ3) is 6.11. The van der Waals surface area contributed by atoms with Crippen molar-refractivity contribution in [1.29, 1.82) is 0 Å². The second-order valence-corrected chi connectivity index (χ2v) is 10.5.